The topological polar surface area (TPSA) is 463 Å². The first kappa shape index (κ1) is 62.3. The number of halogens is 5. The number of benzene rings is 6. The molecule has 0 unspecified atom stereocenters. The number of nitro groups is 3. The molecule has 0 aromatic heterocycles. The smallest absolute Gasteiger partial charge is 0.390 e. The summed E-state index contributed by atoms with van der Waals surface area (Å²) in [4.78, 5) is 124. The molecule has 0 N–H and O–H groups in total. The number of guanidine groups is 15. The molecule has 102 heavy (non-hydrogen) atoms. The largest absolute Gasteiger partial charge is 0.478 e. The van der Waals surface area contributed by atoms with Gasteiger partial charge in [0, 0.05) is 16.7 Å². The van der Waals surface area contributed by atoms with E-state index in [4.69, 9.17) is 35.2 Å². The fourth-order valence-corrected chi connectivity index (χ4v) is 10.0. The summed E-state index contributed by atoms with van der Waals surface area (Å²) in [5, 5.41) is 43.0. The van der Waals surface area contributed by atoms with Crippen LogP contribution in [-0.2, 0) is 0 Å². The van der Waals surface area contributed by atoms with Gasteiger partial charge in [-0.1, -0.05) is 140 Å². The highest BCUT2D eigenvalue weighted by Gasteiger charge is 2.51. The molecule has 18 rings (SSSR count). The Hall–Kier alpha value is -15.8. The van der Waals surface area contributed by atoms with Gasteiger partial charge in [-0.3, -0.25) is 0 Å². The summed E-state index contributed by atoms with van der Waals surface area (Å²) in [6.45, 7) is 0. The first-order valence-corrected chi connectivity index (χ1v) is 28.6. The van der Waals surface area contributed by atoms with Gasteiger partial charge in [-0.05, 0) is 89.9 Å². The van der Waals surface area contributed by atoms with Crippen LogP contribution in [0.3, 0.4) is 0 Å². The predicted molar refractivity (Wildman–Crippen MR) is 363 cm³/mol. The second-order valence-corrected chi connectivity index (χ2v) is 20.5. The summed E-state index contributed by atoms with van der Waals surface area (Å²) in [5.41, 5.74) is 7.01. The minimum Gasteiger partial charge on any atom is -0.390 e. The molecule has 12 heterocycles. The Kier molecular flexibility index (Phi) is 15.5. The van der Waals surface area contributed by atoms with Crippen LogP contribution in [0.4, 0.5) is 22.0 Å². The Morgan fingerprint density at radius 2 is 0.598 bits per heavy atom. The lowest BCUT2D eigenvalue weighted by Gasteiger charge is -2.30. The zero-order valence-electron chi connectivity index (χ0n) is 50.1. The van der Waals surface area contributed by atoms with E-state index in [9.17, 15) is 52.3 Å². The summed E-state index contributed by atoms with van der Waals surface area (Å²) in [5.74, 6) is -3.92. The molecular formula is C59H25F5N32O6. The van der Waals surface area contributed by atoms with Crippen LogP contribution in [0.5, 0.6) is 0 Å². The van der Waals surface area contributed by atoms with Gasteiger partial charge in [0.05, 0.1) is 0 Å². The number of hydrogen-bond donors (Lipinski definition) is 0. The molecule has 43 heteroatoms. The van der Waals surface area contributed by atoms with E-state index in [0.717, 1.165) is 64.4 Å². The third kappa shape index (κ3) is 12.1. The third-order valence-electron chi connectivity index (χ3n) is 14.2. The Balaban J connectivity index is 0.000000126. The van der Waals surface area contributed by atoms with Crippen LogP contribution in [0.15, 0.2) is 271 Å². The summed E-state index contributed by atoms with van der Waals surface area (Å²) in [6.07, 6.45) is -5.86. The molecule has 12 aliphatic rings. The van der Waals surface area contributed by atoms with Crippen molar-refractivity contribution in [1.29, 1.82) is 5.26 Å². The molecule has 0 radical (unpaired) electrons. The van der Waals surface area contributed by atoms with Crippen LogP contribution < -0.4 is 0 Å². The third-order valence-corrected chi connectivity index (χ3v) is 14.2. The van der Waals surface area contributed by atoms with Crippen molar-refractivity contribution in [3.8, 4) is 28.3 Å². The monoisotopic (exact) mass is 1370 g/mol. The van der Waals surface area contributed by atoms with Crippen LogP contribution in [0, 0.1) is 41.7 Å². The minimum absolute atomic E-state index is 0.214. The molecule has 6 aromatic carbocycles. The first-order valence-electron chi connectivity index (χ1n) is 28.6. The quantitative estimate of drug-likeness (QED) is 0.0742. The molecule has 0 saturated heterocycles. The maximum absolute atomic E-state index is 13.0. The summed E-state index contributed by atoms with van der Waals surface area (Å²) in [6, 6.07) is 53.0. The Morgan fingerprint density at radius 1 is 0.294 bits per heavy atom. The van der Waals surface area contributed by atoms with Crippen LogP contribution >= 0.6 is 0 Å². The number of nitrogens with zero attached hydrogens (tertiary/aromatic N) is 32. The maximum atomic E-state index is 13.0. The van der Waals surface area contributed by atoms with E-state index in [1.165, 1.54) is 0 Å². The number of amidine groups is 9. The maximum Gasteiger partial charge on any atom is 0.478 e. The molecule has 38 nitrogen and oxygen atoms in total. The minimum atomic E-state index is -1.20. The van der Waals surface area contributed by atoms with E-state index in [2.05, 4.69) is 157 Å². The molecule has 0 aliphatic carbocycles. The summed E-state index contributed by atoms with van der Waals surface area (Å²) >= 11 is 0. The molecule has 0 amide bonds. The molecule has 0 saturated carbocycles. The highest BCUT2D eigenvalue weighted by atomic mass is 19.2. The van der Waals surface area contributed by atoms with Crippen molar-refractivity contribution in [2.45, 2.75) is 0 Å². The SMILES string of the molecule is FC1=NC2=NC(F)=NC3=NC(F)=NC(=N1)N23.N#CC1=NC2=NC(F)=NC3=NC(F)=NC(=N1)N32.O=[N+]([O-])C1=NC2=NC([N+](=O)[O-])=NC3=NC([N+](=O)[O-])=NC(=N1)N23.c1ccc(-c2cccc(C3=NC4=NC(c5cccc(-c6ccccc6)c5)=NC5=NC(c6cccc7ccccc67)=NC(=N3)N45)c2)cc1. The van der Waals surface area contributed by atoms with Crippen molar-refractivity contribution in [3.63, 3.8) is 0 Å². The predicted octanol–water partition coefficient (Wildman–Crippen LogP) is 6.86. The van der Waals surface area contributed by atoms with Gasteiger partial charge in [-0.2, -0.15) is 117 Å². The first-order chi connectivity index (χ1) is 49.4. The second-order valence-electron chi connectivity index (χ2n) is 20.5. The van der Waals surface area contributed by atoms with Crippen molar-refractivity contribution < 1.29 is 36.7 Å². The van der Waals surface area contributed by atoms with Crippen LogP contribution in [0.2, 0.25) is 0 Å². The number of aliphatic imine (C=N–C) groups is 24. The normalized spacial score (nSPS) is 18.0. The van der Waals surface area contributed by atoms with Crippen molar-refractivity contribution in [2.75, 3.05) is 0 Å². The average Bonchev–Trinajstić information content (AvgIpc) is 0.748. The highest BCUT2D eigenvalue weighted by Crippen LogP contribution is 2.30. The zero-order chi connectivity index (χ0) is 70.4. The second kappa shape index (κ2) is 25.4. The lowest BCUT2D eigenvalue weighted by atomic mass is 10.0. The molecule has 12 aliphatic heterocycles. The Labute approximate surface area is 560 Å². The van der Waals surface area contributed by atoms with Crippen molar-refractivity contribution in [3.05, 3.63) is 199 Å². The standard InChI is InChI=1S/C40H25N7.C7F2N8.C6F3N7.C6N10O6/c1-3-12-26(13-4-1)29-18-9-20-31(24-29)35-41-38-42-36(32-21-10-19-30(25-32)27-14-5-2-6-15-27)44-40-46-37(45-39(43-35)47(38)40)34-23-11-17-28-16-7-8-22-33(28)34;8-3-13-5-11-2(1-10)12-6-14-4(9)16-7(15-3)17(5)6;7-1-10-4-12-2(8)14-6-15-3(9)13-5(11-1)16(4)6;17-14(18)4-7-1-8-5(15(19)20)10-3-12-6(16(21)22)11-2(9-4)13(1)3/h1-25H;;;. The highest BCUT2D eigenvalue weighted by molar-refractivity contribution is 6.36. The molecule has 0 fully saturated rings. The number of rotatable bonds is 5. The van der Waals surface area contributed by atoms with Gasteiger partial charge in [0.1, 0.15) is 6.07 Å². The average molecular weight is 1370 g/mol. The molecule has 6 aromatic rings. The summed E-state index contributed by atoms with van der Waals surface area (Å²) in [7, 11) is 0. The van der Waals surface area contributed by atoms with Crippen LogP contribution in [0.25, 0.3) is 33.0 Å². The fourth-order valence-electron chi connectivity index (χ4n) is 10.0. The van der Waals surface area contributed by atoms with Crippen LogP contribution in [-0.4, -0.2) is 178 Å². The van der Waals surface area contributed by atoms with Gasteiger partial charge in [-0.15, -0.1) is 4.90 Å². The van der Waals surface area contributed by atoms with Gasteiger partial charge in [0.15, 0.2) is 17.5 Å². The molecule has 0 atom stereocenters. The molecular weight excluding hydrogens is 1350 g/mol. The van der Waals surface area contributed by atoms with E-state index in [0.29, 0.717) is 35.4 Å². The van der Waals surface area contributed by atoms with Gasteiger partial charge in [0.2, 0.25) is 59.5 Å². The van der Waals surface area contributed by atoms with Gasteiger partial charge in [0.25, 0.3) is 0 Å². The molecule has 492 valence electrons. The van der Waals surface area contributed by atoms with Gasteiger partial charge in [-0.25, -0.2) is 14.7 Å². The van der Waals surface area contributed by atoms with Crippen LogP contribution in [0.1, 0.15) is 16.7 Å². The van der Waals surface area contributed by atoms with E-state index >= 15 is 0 Å². The zero-order valence-corrected chi connectivity index (χ0v) is 50.1. The molecule has 0 bridgehead atoms. The Morgan fingerprint density at radius 3 is 1.00 bits per heavy atom. The van der Waals surface area contributed by atoms with E-state index in [1.807, 2.05) is 84.9 Å². The van der Waals surface area contributed by atoms with Crippen molar-refractivity contribution in [2.24, 2.45) is 120 Å². The number of nitriles is 1. The lowest BCUT2D eigenvalue weighted by molar-refractivity contribution is -0.353. The molecule has 0 spiro atoms. The summed E-state index contributed by atoms with van der Waals surface area (Å²) < 4.78 is 64.6. The van der Waals surface area contributed by atoms with E-state index in [-0.39, 0.29) is 41.6 Å². The number of fused-ring (bicyclic) bond motifs is 1. The van der Waals surface area contributed by atoms with E-state index in [1.54, 1.807) is 11.0 Å². The van der Waals surface area contributed by atoms with Crippen molar-refractivity contribution >= 4 is 154 Å². The lowest BCUT2D eigenvalue weighted by Crippen LogP contribution is -2.49. The number of hydrogen-bond acceptors (Lipinski definition) is 35. The van der Waals surface area contributed by atoms with Crippen molar-refractivity contribution in [1.82, 2.24) is 19.6 Å². The Bertz CT molecular complexity index is 5450. The fraction of sp³-hybridized carbons (Fsp3) is 0. The van der Waals surface area contributed by atoms with E-state index < -0.39 is 81.0 Å². The van der Waals surface area contributed by atoms with Gasteiger partial charge < -0.3 is 30.3 Å². The van der Waals surface area contributed by atoms with Gasteiger partial charge >= 0.3 is 66.2 Å².